The van der Waals surface area contributed by atoms with Gasteiger partial charge in [0.15, 0.2) is 11.7 Å². The van der Waals surface area contributed by atoms with E-state index < -0.39 is 23.6 Å². The Morgan fingerprint density at radius 3 is 1.19 bits per heavy atom. The Hall–Kier alpha value is -3.02. The molecule has 0 unspecified atom stereocenters. The average Bonchev–Trinajstić information content (AvgIpc) is 2.67. The molecule has 0 aromatic heterocycles. The Labute approximate surface area is 150 Å². The van der Waals surface area contributed by atoms with E-state index in [0.717, 1.165) is 0 Å². The molecule has 0 N–H and O–H groups in total. The predicted octanol–water partition coefficient (Wildman–Crippen LogP) is 4.80. The zero-order valence-corrected chi connectivity index (χ0v) is 14.4. The maximum absolute atomic E-state index is 14.4. The zero-order chi connectivity index (χ0) is 19.1. The van der Waals surface area contributed by atoms with Crippen molar-refractivity contribution in [1.29, 1.82) is 0 Å². The van der Waals surface area contributed by atoms with Gasteiger partial charge in [0.05, 0.1) is 24.3 Å². The summed E-state index contributed by atoms with van der Waals surface area (Å²) < 4.78 is 38.4. The maximum Gasteiger partial charge on any atom is 0.338 e. The molecule has 0 saturated heterocycles. The van der Waals surface area contributed by atoms with Gasteiger partial charge >= 0.3 is 11.9 Å². The molecule has 2 aromatic carbocycles. The van der Waals surface area contributed by atoms with Gasteiger partial charge in [-0.15, -0.1) is 0 Å². The van der Waals surface area contributed by atoms with Crippen LogP contribution in [0.3, 0.4) is 0 Å². The number of hydrogen-bond donors (Lipinski definition) is 0. The molecule has 0 amide bonds. The molecule has 0 saturated carbocycles. The van der Waals surface area contributed by atoms with Crippen LogP contribution in [0.1, 0.15) is 45.7 Å². The molecule has 0 radical (unpaired) electrons. The van der Waals surface area contributed by atoms with Crippen molar-refractivity contribution in [3.63, 3.8) is 0 Å². The van der Waals surface area contributed by atoms with Crippen LogP contribution in [-0.4, -0.2) is 25.2 Å². The number of esters is 2. The van der Waals surface area contributed by atoms with E-state index in [2.05, 4.69) is 0 Å². The topological polar surface area (TPSA) is 52.6 Å². The third-order valence-corrected chi connectivity index (χ3v) is 3.49. The van der Waals surface area contributed by atoms with Gasteiger partial charge in [-0.3, -0.25) is 0 Å². The number of rotatable bonds is 6. The summed E-state index contributed by atoms with van der Waals surface area (Å²) in [6, 6.07) is 10.7. The highest BCUT2D eigenvalue weighted by Crippen LogP contribution is 2.29. The van der Waals surface area contributed by atoms with Crippen molar-refractivity contribution in [2.75, 3.05) is 13.2 Å². The summed E-state index contributed by atoms with van der Waals surface area (Å²) in [7, 11) is 0. The van der Waals surface area contributed by atoms with Crippen molar-refractivity contribution < 1.29 is 27.8 Å². The van der Waals surface area contributed by atoms with Gasteiger partial charge in [0.2, 0.25) is 0 Å². The first-order valence-corrected chi connectivity index (χ1v) is 8.08. The molecule has 6 heteroatoms. The van der Waals surface area contributed by atoms with Crippen LogP contribution in [0.25, 0.3) is 11.7 Å². The summed E-state index contributed by atoms with van der Waals surface area (Å²) in [5.74, 6) is -3.19. The number of halogens is 2. The van der Waals surface area contributed by atoms with Crippen LogP contribution in [0, 0.1) is 0 Å². The van der Waals surface area contributed by atoms with E-state index in [1.807, 2.05) is 0 Å². The number of carbonyl (C=O) groups is 2. The van der Waals surface area contributed by atoms with Crippen molar-refractivity contribution >= 4 is 23.6 Å². The lowest BCUT2D eigenvalue weighted by Gasteiger charge is -2.06. The van der Waals surface area contributed by atoms with Gasteiger partial charge in [-0.05, 0) is 38.1 Å². The van der Waals surface area contributed by atoms with E-state index in [1.54, 1.807) is 13.8 Å². The third kappa shape index (κ3) is 4.53. The normalized spacial score (nSPS) is 11.5. The number of hydrogen-bond acceptors (Lipinski definition) is 4. The second-order valence-electron chi connectivity index (χ2n) is 5.22. The number of carbonyl (C=O) groups excluding carboxylic acids is 2. The molecular weight excluding hydrogens is 342 g/mol. The van der Waals surface area contributed by atoms with Crippen LogP contribution in [0.5, 0.6) is 0 Å². The lowest BCUT2D eigenvalue weighted by Crippen LogP contribution is -2.04. The Balaban J connectivity index is 2.23. The van der Waals surface area contributed by atoms with Crippen molar-refractivity contribution in [1.82, 2.24) is 0 Å². The number of ether oxygens (including phenoxy) is 2. The lowest BCUT2D eigenvalue weighted by molar-refractivity contribution is 0.0516. The first kappa shape index (κ1) is 19.3. The molecule has 4 nitrogen and oxygen atoms in total. The Morgan fingerprint density at radius 2 is 0.923 bits per heavy atom. The Bertz CT molecular complexity index is 739. The van der Waals surface area contributed by atoms with Gasteiger partial charge in [-0.25, -0.2) is 18.4 Å². The van der Waals surface area contributed by atoms with Crippen LogP contribution >= 0.6 is 0 Å². The van der Waals surface area contributed by atoms with Crippen molar-refractivity contribution in [2.24, 2.45) is 0 Å². The minimum Gasteiger partial charge on any atom is -0.462 e. The maximum atomic E-state index is 14.4. The van der Waals surface area contributed by atoms with Crippen LogP contribution in [0.15, 0.2) is 48.5 Å². The molecule has 0 atom stereocenters. The minimum absolute atomic E-state index is 0.00924. The van der Waals surface area contributed by atoms with Gasteiger partial charge in [-0.2, -0.15) is 0 Å². The fraction of sp³-hybridized carbons (Fsp3) is 0.200. The van der Waals surface area contributed by atoms with E-state index in [-0.39, 0.29) is 35.5 Å². The summed E-state index contributed by atoms with van der Waals surface area (Å²) in [6.07, 6.45) is 0. The van der Waals surface area contributed by atoms with Gasteiger partial charge in [-0.1, -0.05) is 24.3 Å². The highest BCUT2D eigenvalue weighted by molar-refractivity contribution is 5.91. The molecule has 0 spiro atoms. The van der Waals surface area contributed by atoms with E-state index in [1.165, 1.54) is 48.5 Å². The smallest absolute Gasteiger partial charge is 0.338 e. The van der Waals surface area contributed by atoms with Gasteiger partial charge < -0.3 is 9.47 Å². The minimum atomic E-state index is -1.07. The summed E-state index contributed by atoms with van der Waals surface area (Å²) in [4.78, 5) is 23.1. The molecule has 0 aliphatic carbocycles. The molecule has 2 aromatic rings. The van der Waals surface area contributed by atoms with Gasteiger partial charge in [0.25, 0.3) is 0 Å². The van der Waals surface area contributed by atoms with Crippen LogP contribution in [0.2, 0.25) is 0 Å². The van der Waals surface area contributed by atoms with Crippen molar-refractivity contribution in [3.05, 3.63) is 70.8 Å². The Morgan fingerprint density at radius 1 is 0.654 bits per heavy atom. The number of benzene rings is 2. The SMILES string of the molecule is CCOC(=O)c1ccc(/C(F)=C(\F)c2ccc(C(=O)OCC)cc2)cc1. The monoisotopic (exact) mass is 360 g/mol. The van der Waals surface area contributed by atoms with Crippen LogP contribution < -0.4 is 0 Å². The second kappa shape index (κ2) is 8.89. The van der Waals surface area contributed by atoms with E-state index >= 15 is 0 Å². The average molecular weight is 360 g/mol. The molecule has 26 heavy (non-hydrogen) atoms. The standard InChI is InChI=1S/C20H18F2O4/c1-3-25-19(23)15-9-5-13(6-10-15)17(21)18(22)14-7-11-16(12-8-14)20(24)26-4-2/h5-12H,3-4H2,1-2H3/b18-17+. The summed E-state index contributed by atoms with van der Waals surface area (Å²) in [6.45, 7) is 3.81. The molecule has 0 bridgehead atoms. The van der Waals surface area contributed by atoms with E-state index in [0.29, 0.717) is 0 Å². The summed E-state index contributed by atoms with van der Waals surface area (Å²) in [5.41, 5.74) is 0.486. The largest absolute Gasteiger partial charge is 0.462 e. The van der Waals surface area contributed by atoms with Crippen molar-refractivity contribution in [2.45, 2.75) is 13.8 Å². The van der Waals surface area contributed by atoms with Gasteiger partial charge in [0.1, 0.15) is 0 Å². The molecule has 0 heterocycles. The first-order valence-electron chi connectivity index (χ1n) is 8.08. The third-order valence-electron chi connectivity index (χ3n) is 3.49. The quantitative estimate of drug-likeness (QED) is 0.548. The zero-order valence-electron chi connectivity index (χ0n) is 14.4. The van der Waals surface area contributed by atoms with E-state index in [4.69, 9.17) is 9.47 Å². The molecular formula is C20H18F2O4. The fourth-order valence-electron chi connectivity index (χ4n) is 2.19. The highest BCUT2D eigenvalue weighted by Gasteiger charge is 2.14. The van der Waals surface area contributed by atoms with Crippen LogP contribution in [-0.2, 0) is 9.47 Å². The molecule has 0 aliphatic rings. The summed E-state index contributed by atoms with van der Waals surface area (Å²) >= 11 is 0. The predicted molar refractivity (Wildman–Crippen MR) is 93.8 cm³/mol. The fourth-order valence-corrected chi connectivity index (χ4v) is 2.19. The second-order valence-corrected chi connectivity index (χ2v) is 5.22. The Kier molecular flexibility index (Phi) is 6.60. The van der Waals surface area contributed by atoms with Crippen molar-refractivity contribution in [3.8, 4) is 0 Å². The van der Waals surface area contributed by atoms with Crippen LogP contribution in [0.4, 0.5) is 8.78 Å². The molecule has 2 rings (SSSR count). The lowest BCUT2D eigenvalue weighted by atomic mass is 10.1. The van der Waals surface area contributed by atoms with E-state index in [9.17, 15) is 18.4 Å². The first-order chi connectivity index (χ1) is 12.5. The summed E-state index contributed by atoms with van der Waals surface area (Å²) in [5, 5.41) is 0. The molecule has 0 aliphatic heterocycles. The van der Waals surface area contributed by atoms with Gasteiger partial charge in [0, 0.05) is 11.1 Å². The molecule has 136 valence electrons. The molecule has 0 fully saturated rings. The highest BCUT2D eigenvalue weighted by atomic mass is 19.2.